The summed E-state index contributed by atoms with van der Waals surface area (Å²) in [6.45, 7) is 0. The number of thioether (sulfide) groups is 1. The lowest BCUT2D eigenvalue weighted by atomic mass is 10.3. The molecule has 1 aliphatic carbocycles. The van der Waals surface area contributed by atoms with E-state index in [1.54, 1.807) is 0 Å². The topological polar surface area (TPSA) is 55.1 Å². The number of carboxylic acid groups (broad SMARTS) is 1. The Morgan fingerprint density at radius 3 is 2.95 bits per heavy atom. The second-order valence-electron chi connectivity index (χ2n) is 4.43. The molecule has 0 amide bonds. The van der Waals surface area contributed by atoms with Gasteiger partial charge in [0.2, 0.25) is 0 Å². The van der Waals surface area contributed by atoms with Gasteiger partial charge in [-0.25, -0.2) is 9.37 Å². The fourth-order valence-electron chi connectivity index (χ4n) is 1.98. The van der Waals surface area contributed by atoms with Crippen molar-refractivity contribution in [3.05, 3.63) is 23.0 Å². The van der Waals surface area contributed by atoms with Crippen molar-refractivity contribution in [2.24, 2.45) is 0 Å². The lowest BCUT2D eigenvalue weighted by molar-refractivity contribution is -0.133. The first-order valence-corrected chi connectivity index (χ1v) is 7.14. The number of hydrogen-bond acceptors (Lipinski definition) is 3. The van der Waals surface area contributed by atoms with E-state index >= 15 is 0 Å². The van der Waals surface area contributed by atoms with Crippen molar-refractivity contribution in [1.29, 1.82) is 0 Å². The van der Waals surface area contributed by atoms with Crippen LogP contribution in [-0.2, 0) is 4.79 Å². The summed E-state index contributed by atoms with van der Waals surface area (Å²) < 4.78 is 15.5. The highest BCUT2D eigenvalue weighted by Crippen LogP contribution is 2.41. The maximum absolute atomic E-state index is 13.6. The molecule has 1 fully saturated rings. The molecule has 19 heavy (non-hydrogen) atoms. The van der Waals surface area contributed by atoms with E-state index in [2.05, 4.69) is 4.98 Å². The predicted molar refractivity (Wildman–Crippen MR) is 71.3 cm³/mol. The van der Waals surface area contributed by atoms with E-state index in [-0.39, 0.29) is 10.8 Å². The molecule has 0 atom stereocenters. The molecule has 0 spiro atoms. The fourth-order valence-corrected chi connectivity index (χ4v) is 2.94. The van der Waals surface area contributed by atoms with Gasteiger partial charge in [0.05, 0.1) is 21.8 Å². The summed E-state index contributed by atoms with van der Waals surface area (Å²) in [7, 11) is 0. The zero-order valence-electron chi connectivity index (χ0n) is 9.77. The van der Waals surface area contributed by atoms with Gasteiger partial charge in [0.1, 0.15) is 5.82 Å². The Morgan fingerprint density at radius 2 is 2.32 bits per heavy atom. The van der Waals surface area contributed by atoms with Crippen molar-refractivity contribution < 1.29 is 14.3 Å². The smallest absolute Gasteiger partial charge is 0.313 e. The fraction of sp³-hybridized carbons (Fsp3) is 0.333. The van der Waals surface area contributed by atoms with Crippen molar-refractivity contribution >= 4 is 40.4 Å². The van der Waals surface area contributed by atoms with Gasteiger partial charge in [-0.1, -0.05) is 23.4 Å². The number of aliphatic carboxylic acids is 1. The molecule has 1 N–H and O–H groups in total. The normalized spacial score (nSPS) is 15.1. The molecule has 4 nitrogen and oxygen atoms in total. The monoisotopic (exact) mass is 300 g/mol. The van der Waals surface area contributed by atoms with Crippen LogP contribution in [0.1, 0.15) is 18.9 Å². The van der Waals surface area contributed by atoms with E-state index in [4.69, 9.17) is 16.7 Å². The molecule has 1 saturated carbocycles. The van der Waals surface area contributed by atoms with Crippen LogP contribution in [-0.4, -0.2) is 26.4 Å². The van der Waals surface area contributed by atoms with Crippen LogP contribution in [0, 0.1) is 5.82 Å². The first-order chi connectivity index (χ1) is 9.06. The number of nitrogens with zero attached hydrogens (tertiary/aromatic N) is 2. The zero-order chi connectivity index (χ0) is 13.6. The van der Waals surface area contributed by atoms with Gasteiger partial charge in [-0.3, -0.25) is 4.79 Å². The van der Waals surface area contributed by atoms with Gasteiger partial charge in [0, 0.05) is 12.1 Å². The largest absolute Gasteiger partial charge is 0.481 e. The van der Waals surface area contributed by atoms with Crippen molar-refractivity contribution in [3.8, 4) is 0 Å². The first kappa shape index (κ1) is 12.7. The summed E-state index contributed by atoms with van der Waals surface area (Å²) in [6.07, 6.45) is 2.02. The van der Waals surface area contributed by atoms with Crippen LogP contribution < -0.4 is 0 Å². The molecular weight excluding hydrogens is 291 g/mol. The van der Waals surface area contributed by atoms with Crippen LogP contribution in [0.3, 0.4) is 0 Å². The summed E-state index contributed by atoms with van der Waals surface area (Å²) in [6, 6.07) is 3.14. The Labute approximate surface area is 117 Å². The molecule has 1 aromatic carbocycles. The third-order valence-electron chi connectivity index (χ3n) is 2.94. The van der Waals surface area contributed by atoms with Crippen LogP contribution >= 0.6 is 23.4 Å². The number of benzene rings is 1. The minimum Gasteiger partial charge on any atom is -0.481 e. The summed E-state index contributed by atoms with van der Waals surface area (Å²) >= 11 is 6.89. The van der Waals surface area contributed by atoms with Gasteiger partial charge in [-0.15, -0.1) is 0 Å². The minimum atomic E-state index is -0.899. The number of halogens is 2. The number of hydrogen-bond donors (Lipinski definition) is 1. The number of carboxylic acids is 1. The average Bonchev–Trinajstić information content (AvgIpc) is 3.11. The highest BCUT2D eigenvalue weighted by molar-refractivity contribution is 7.99. The van der Waals surface area contributed by atoms with E-state index in [9.17, 15) is 9.18 Å². The Bertz CT molecular complexity index is 669. The van der Waals surface area contributed by atoms with Crippen LogP contribution in [0.2, 0.25) is 5.02 Å². The van der Waals surface area contributed by atoms with Gasteiger partial charge in [0.25, 0.3) is 0 Å². The SMILES string of the molecule is O=C(O)CSc1nc2cc(Cl)c(F)cc2n1C1CC1. The van der Waals surface area contributed by atoms with Crippen LogP contribution in [0.5, 0.6) is 0 Å². The molecule has 100 valence electrons. The molecule has 2 aromatic rings. The molecule has 1 heterocycles. The van der Waals surface area contributed by atoms with Crippen LogP contribution in [0.15, 0.2) is 17.3 Å². The second kappa shape index (κ2) is 4.68. The lowest BCUT2D eigenvalue weighted by Crippen LogP contribution is -2.02. The highest BCUT2D eigenvalue weighted by atomic mass is 35.5. The number of aromatic nitrogens is 2. The Kier molecular flexibility index (Phi) is 3.14. The molecule has 0 saturated heterocycles. The van der Waals surface area contributed by atoms with Crippen molar-refractivity contribution in [2.75, 3.05) is 5.75 Å². The van der Waals surface area contributed by atoms with Crippen LogP contribution in [0.4, 0.5) is 4.39 Å². The van der Waals surface area contributed by atoms with E-state index in [0.717, 1.165) is 24.6 Å². The van der Waals surface area contributed by atoms with Gasteiger partial charge < -0.3 is 9.67 Å². The van der Waals surface area contributed by atoms with Gasteiger partial charge in [-0.05, 0) is 18.9 Å². The molecule has 0 radical (unpaired) electrons. The van der Waals surface area contributed by atoms with E-state index in [1.165, 1.54) is 12.1 Å². The Hall–Kier alpha value is -1.27. The van der Waals surface area contributed by atoms with Gasteiger partial charge in [0.15, 0.2) is 5.16 Å². The Balaban J connectivity index is 2.10. The summed E-state index contributed by atoms with van der Waals surface area (Å²) in [5, 5.41) is 9.39. The summed E-state index contributed by atoms with van der Waals surface area (Å²) in [5.74, 6) is -1.44. The lowest BCUT2D eigenvalue weighted by Gasteiger charge is -2.06. The maximum atomic E-state index is 13.6. The minimum absolute atomic E-state index is 0.0303. The first-order valence-electron chi connectivity index (χ1n) is 5.78. The predicted octanol–water partition coefficient (Wildman–Crippen LogP) is 3.34. The van der Waals surface area contributed by atoms with Crippen LogP contribution in [0.25, 0.3) is 11.0 Å². The molecule has 1 aromatic heterocycles. The number of rotatable bonds is 4. The van der Waals surface area contributed by atoms with E-state index < -0.39 is 11.8 Å². The number of carbonyl (C=O) groups is 1. The third-order valence-corrected chi connectivity index (χ3v) is 4.16. The van der Waals surface area contributed by atoms with Crippen molar-refractivity contribution in [3.63, 3.8) is 0 Å². The van der Waals surface area contributed by atoms with Gasteiger partial charge >= 0.3 is 5.97 Å². The maximum Gasteiger partial charge on any atom is 0.313 e. The molecular formula is C12H10ClFN2O2S. The Morgan fingerprint density at radius 1 is 1.58 bits per heavy atom. The quantitative estimate of drug-likeness (QED) is 0.880. The summed E-state index contributed by atoms with van der Waals surface area (Å²) in [4.78, 5) is 15.0. The highest BCUT2D eigenvalue weighted by Gasteiger charge is 2.29. The van der Waals surface area contributed by atoms with E-state index in [1.807, 2.05) is 4.57 Å². The average molecular weight is 301 g/mol. The molecule has 1 aliphatic rings. The van der Waals surface area contributed by atoms with Gasteiger partial charge in [-0.2, -0.15) is 0 Å². The third kappa shape index (κ3) is 2.42. The number of imidazole rings is 1. The molecule has 7 heteroatoms. The number of fused-ring (bicyclic) bond motifs is 1. The van der Waals surface area contributed by atoms with Crippen molar-refractivity contribution in [2.45, 2.75) is 24.0 Å². The second-order valence-corrected chi connectivity index (χ2v) is 5.78. The molecule has 0 bridgehead atoms. The van der Waals surface area contributed by atoms with E-state index in [0.29, 0.717) is 22.2 Å². The zero-order valence-corrected chi connectivity index (χ0v) is 11.3. The molecule has 3 rings (SSSR count). The van der Waals surface area contributed by atoms with Crippen molar-refractivity contribution in [1.82, 2.24) is 9.55 Å². The standard InChI is InChI=1S/C12H10ClFN2O2S/c13-7-3-9-10(4-8(7)14)16(6-1-2-6)12(15-9)19-5-11(17)18/h3-4,6H,1-2,5H2,(H,17,18). The molecule has 0 unspecified atom stereocenters. The summed E-state index contributed by atoms with van der Waals surface area (Å²) in [5.41, 5.74) is 1.28. The molecule has 0 aliphatic heterocycles.